The maximum absolute atomic E-state index is 12.9. The Labute approximate surface area is 159 Å². The number of rotatable bonds is 6. The van der Waals surface area contributed by atoms with Gasteiger partial charge in [-0.25, -0.2) is 4.39 Å². The molecule has 3 rings (SSSR count). The van der Waals surface area contributed by atoms with E-state index in [1.54, 1.807) is 6.92 Å². The highest BCUT2D eigenvalue weighted by molar-refractivity contribution is 8.02. The Morgan fingerprint density at radius 2 is 1.92 bits per heavy atom. The van der Waals surface area contributed by atoms with E-state index in [4.69, 9.17) is 0 Å². The molecule has 26 heavy (non-hydrogen) atoms. The molecule has 0 saturated carbocycles. The molecule has 0 aliphatic rings. The van der Waals surface area contributed by atoms with Crippen LogP contribution in [0, 0.1) is 12.7 Å². The molecule has 2 aromatic carbocycles. The molecule has 0 saturated heterocycles. The summed E-state index contributed by atoms with van der Waals surface area (Å²) < 4.78 is 13.6. The van der Waals surface area contributed by atoms with Crippen LogP contribution in [-0.2, 0) is 4.79 Å². The largest absolute Gasteiger partial charge is 0.330 e. The van der Waals surface area contributed by atoms with E-state index < -0.39 is 0 Å². The Kier molecular flexibility index (Phi) is 5.85. The molecular formula is C18H17FN4OS2. The number of aromatic nitrogens is 2. The number of carbonyl (C=O) groups excluding carboxylic acids is 1. The highest BCUT2D eigenvalue weighted by atomic mass is 32.2. The Hall–Kier alpha value is -2.45. The van der Waals surface area contributed by atoms with Crippen molar-refractivity contribution in [2.75, 3.05) is 10.6 Å². The molecular weight excluding hydrogens is 371 g/mol. The summed E-state index contributed by atoms with van der Waals surface area (Å²) in [5.41, 5.74) is 2.66. The summed E-state index contributed by atoms with van der Waals surface area (Å²) in [6.07, 6.45) is 0. The van der Waals surface area contributed by atoms with Gasteiger partial charge in [0.1, 0.15) is 5.82 Å². The summed E-state index contributed by atoms with van der Waals surface area (Å²) in [5, 5.41) is 14.5. The van der Waals surface area contributed by atoms with Crippen LogP contribution in [0.1, 0.15) is 12.5 Å². The van der Waals surface area contributed by atoms with Crippen LogP contribution in [-0.4, -0.2) is 21.4 Å². The molecule has 134 valence electrons. The van der Waals surface area contributed by atoms with E-state index in [0.717, 1.165) is 11.3 Å². The van der Waals surface area contributed by atoms with Crippen molar-refractivity contribution in [3.63, 3.8) is 0 Å². The lowest BCUT2D eigenvalue weighted by molar-refractivity contribution is -0.115. The van der Waals surface area contributed by atoms with Gasteiger partial charge in [0.25, 0.3) is 0 Å². The molecule has 1 heterocycles. The number of halogens is 1. The van der Waals surface area contributed by atoms with Crippen molar-refractivity contribution >= 4 is 45.5 Å². The average Bonchev–Trinajstić information content (AvgIpc) is 3.03. The van der Waals surface area contributed by atoms with E-state index in [9.17, 15) is 9.18 Å². The van der Waals surface area contributed by atoms with Gasteiger partial charge in [-0.2, -0.15) is 0 Å². The van der Waals surface area contributed by atoms with Crippen molar-refractivity contribution in [1.29, 1.82) is 0 Å². The van der Waals surface area contributed by atoms with Crippen LogP contribution in [0.15, 0.2) is 52.9 Å². The molecule has 0 fully saturated rings. The van der Waals surface area contributed by atoms with Crippen molar-refractivity contribution in [2.24, 2.45) is 0 Å². The van der Waals surface area contributed by atoms with Crippen LogP contribution >= 0.6 is 23.1 Å². The van der Waals surface area contributed by atoms with E-state index in [0.29, 0.717) is 15.2 Å². The lowest BCUT2D eigenvalue weighted by Crippen LogP contribution is -2.22. The van der Waals surface area contributed by atoms with E-state index >= 15 is 0 Å². The first kappa shape index (κ1) is 18.3. The van der Waals surface area contributed by atoms with Gasteiger partial charge >= 0.3 is 0 Å². The summed E-state index contributed by atoms with van der Waals surface area (Å²) >= 11 is 2.72. The number of nitrogens with one attached hydrogen (secondary N) is 2. The minimum Gasteiger partial charge on any atom is -0.330 e. The van der Waals surface area contributed by atoms with E-state index in [-0.39, 0.29) is 17.0 Å². The van der Waals surface area contributed by atoms with Crippen molar-refractivity contribution in [1.82, 2.24) is 10.2 Å². The van der Waals surface area contributed by atoms with E-state index in [1.165, 1.54) is 47.4 Å². The molecule has 0 bridgehead atoms. The molecule has 8 heteroatoms. The molecule has 2 N–H and O–H groups in total. The van der Waals surface area contributed by atoms with Gasteiger partial charge in [-0.1, -0.05) is 35.2 Å². The minimum atomic E-state index is -0.361. The van der Waals surface area contributed by atoms with Gasteiger partial charge in [-0.15, -0.1) is 10.2 Å². The van der Waals surface area contributed by atoms with Gasteiger partial charge in [0.15, 0.2) is 4.34 Å². The van der Waals surface area contributed by atoms with Gasteiger partial charge in [-0.3, -0.25) is 4.79 Å². The topological polar surface area (TPSA) is 66.9 Å². The third-order valence-corrected chi connectivity index (χ3v) is 5.46. The van der Waals surface area contributed by atoms with Gasteiger partial charge < -0.3 is 10.6 Å². The summed E-state index contributed by atoms with van der Waals surface area (Å²) in [6, 6.07) is 13.6. The summed E-state index contributed by atoms with van der Waals surface area (Å²) in [7, 11) is 0. The van der Waals surface area contributed by atoms with Crippen molar-refractivity contribution < 1.29 is 9.18 Å². The third kappa shape index (κ3) is 5.03. The molecule has 0 aliphatic heterocycles. The predicted molar refractivity (Wildman–Crippen MR) is 105 cm³/mol. The smallest absolute Gasteiger partial charge is 0.237 e. The average molecular weight is 388 g/mol. The first-order valence-electron chi connectivity index (χ1n) is 7.90. The molecule has 1 aromatic heterocycles. The molecule has 5 nitrogen and oxygen atoms in total. The van der Waals surface area contributed by atoms with Gasteiger partial charge in [0.05, 0.1) is 5.25 Å². The molecule has 0 radical (unpaired) electrons. The highest BCUT2D eigenvalue weighted by Crippen LogP contribution is 2.31. The standard InChI is InChI=1S/C18H17FN4OS2/c1-11-4-3-5-15(10-11)21-17-22-23-18(26-17)25-12(2)16(24)20-14-8-6-13(19)7-9-14/h3-10,12H,1-2H3,(H,20,24)(H,21,22)/t12-/m1/s1. The van der Waals surface area contributed by atoms with Crippen LogP contribution in [0.25, 0.3) is 0 Å². The second kappa shape index (κ2) is 8.29. The van der Waals surface area contributed by atoms with Crippen LogP contribution in [0.4, 0.5) is 20.9 Å². The number of nitrogens with zero attached hydrogens (tertiary/aromatic N) is 2. The fourth-order valence-electron chi connectivity index (χ4n) is 2.14. The number of amides is 1. The number of hydrogen-bond donors (Lipinski definition) is 2. The summed E-state index contributed by atoms with van der Waals surface area (Å²) in [6.45, 7) is 3.81. The monoisotopic (exact) mass is 388 g/mol. The predicted octanol–water partition coefficient (Wildman–Crippen LogP) is 4.85. The SMILES string of the molecule is Cc1cccc(Nc2nnc(S[C@H](C)C(=O)Nc3ccc(F)cc3)s2)c1. The van der Waals surface area contributed by atoms with Crippen molar-refractivity contribution in [2.45, 2.75) is 23.4 Å². The normalized spacial score (nSPS) is 11.8. The highest BCUT2D eigenvalue weighted by Gasteiger charge is 2.17. The Morgan fingerprint density at radius 1 is 1.15 bits per heavy atom. The lowest BCUT2D eigenvalue weighted by atomic mass is 10.2. The maximum atomic E-state index is 12.9. The fraction of sp³-hybridized carbons (Fsp3) is 0.167. The number of benzene rings is 2. The van der Waals surface area contributed by atoms with Crippen LogP contribution < -0.4 is 10.6 Å². The van der Waals surface area contributed by atoms with Crippen LogP contribution in [0.3, 0.4) is 0 Å². The van der Waals surface area contributed by atoms with Gasteiger partial charge in [0.2, 0.25) is 11.0 Å². The fourth-order valence-corrected chi connectivity index (χ4v) is 4.05. The van der Waals surface area contributed by atoms with Crippen molar-refractivity contribution in [3.8, 4) is 0 Å². The summed E-state index contributed by atoms with van der Waals surface area (Å²) in [4.78, 5) is 12.3. The second-order valence-corrected chi connectivity index (χ2v) is 8.19. The zero-order chi connectivity index (χ0) is 18.5. The number of anilines is 3. The van der Waals surface area contributed by atoms with E-state index in [2.05, 4.69) is 20.8 Å². The minimum absolute atomic E-state index is 0.176. The quantitative estimate of drug-likeness (QED) is 0.591. The zero-order valence-corrected chi connectivity index (χ0v) is 15.8. The molecule has 0 aliphatic carbocycles. The molecule has 0 unspecified atom stereocenters. The van der Waals surface area contributed by atoms with Gasteiger partial charge in [0, 0.05) is 11.4 Å². The second-order valence-electron chi connectivity index (χ2n) is 5.62. The Bertz CT molecular complexity index is 898. The number of aryl methyl sites for hydroxylation is 1. The van der Waals surface area contributed by atoms with Crippen LogP contribution in [0.2, 0.25) is 0 Å². The van der Waals surface area contributed by atoms with Crippen LogP contribution in [0.5, 0.6) is 0 Å². The first-order chi connectivity index (χ1) is 12.5. The Balaban J connectivity index is 1.57. The number of thioether (sulfide) groups is 1. The number of hydrogen-bond acceptors (Lipinski definition) is 6. The van der Waals surface area contributed by atoms with Gasteiger partial charge in [-0.05, 0) is 55.8 Å². The third-order valence-electron chi connectivity index (χ3n) is 3.43. The number of carbonyl (C=O) groups is 1. The molecule has 3 aromatic rings. The van der Waals surface area contributed by atoms with Crippen molar-refractivity contribution in [3.05, 3.63) is 59.9 Å². The molecule has 1 atom stereocenters. The zero-order valence-electron chi connectivity index (χ0n) is 14.2. The Morgan fingerprint density at radius 3 is 2.65 bits per heavy atom. The maximum Gasteiger partial charge on any atom is 0.237 e. The summed E-state index contributed by atoms with van der Waals surface area (Å²) in [5.74, 6) is -0.516. The lowest BCUT2D eigenvalue weighted by Gasteiger charge is -2.10. The first-order valence-corrected chi connectivity index (χ1v) is 9.59. The molecule has 1 amide bonds. The molecule has 0 spiro atoms. The van der Waals surface area contributed by atoms with E-state index in [1.807, 2.05) is 31.2 Å².